The Balaban J connectivity index is 1.28. The van der Waals surface area contributed by atoms with Crippen LogP contribution in [-0.4, -0.2) is 11.6 Å². The molecule has 3 heteroatoms. The van der Waals surface area contributed by atoms with E-state index < -0.39 is 0 Å². The summed E-state index contributed by atoms with van der Waals surface area (Å²) in [6, 6.07) is 26.3. The van der Waals surface area contributed by atoms with Gasteiger partial charge in [0, 0.05) is 49.3 Å². The maximum atomic E-state index is 13.4. The molecule has 37 heavy (non-hydrogen) atoms. The summed E-state index contributed by atoms with van der Waals surface area (Å²) in [6.07, 6.45) is 10.7. The molecule has 8 rings (SSSR count). The molecular formula is C34H20O2S. The van der Waals surface area contributed by atoms with Crippen molar-refractivity contribution in [3.05, 3.63) is 148 Å². The minimum Gasteiger partial charge on any atom is -0.289 e. The number of carbonyl (C=O) groups excluding carboxylic acids is 2. The van der Waals surface area contributed by atoms with Crippen LogP contribution in [0.15, 0.2) is 130 Å². The molecule has 0 aromatic heterocycles. The van der Waals surface area contributed by atoms with Gasteiger partial charge in [-0.15, -0.1) is 0 Å². The Bertz CT molecular complexity index is 1850. The van der Waals surface area contributed by atoms with Crippen LogP contribution in [0, 0.1) is 5.92 Å². The molecule has 4 aromatic rings. The van der Waals surface area contributed by atoms with E-state index in [4.69, 9.17) is 0 Å². The van der Waals surface area contributed by atoms with Crippen LogP contribution < -0.4 is 0 Å². The second kappa shape index (κ2) is 7.64. The van der Waals surface area contributed by atoms with Gasteiger partial charge in [0.15, 0.2) is 11.6 Å². The standard InChI is InChI=1S/C34H20O2S/c35-33-23-9-3-1-7-19(23)21-15-17-29(25-11-5-13-27(33)31(21)25)37-30-18-16-22-20-8-2-4-10-24(20)34(36)28-14-6-12-26(30)32(22)28/h1-18,21,31H/t21-,31+/m0/s1. The number of Topliss-reactive ketones (excluding diaryl/α,β-unsaturated/α-hetero) is 1. The van der Waals surface area contributed by atoms with Crippen molar-refractivity contribution < 1.29 is 9.59 Å². The van der Waals surface area contributed by atoms with E-state index in [9.17, 15) is 9.59 Å². The van der Waals surface area contributed by atoms with E-state index in [1.165, 1.54) is 5.57 Å². The van der Waals surface area contributed by atoms with Gasteiger partial charge in [-0.05, 0) is 33.7 Å². The summed E-state index contributed by atoms with van der Waals surface area (Å²) in [5.41, 5.74) is 7.65. The molecule has 0 fully saturated rings. The van der Waals surface area contributed by atoms with Gasteiger partial charge >= 0.3 is 0 Å². The third-order valence-electron chi connectivity index (χ3n) is 8.07. The molecule has 4 aromatic carbocycles. The van der Waals surface area contributed by atoms with Gasteiger partial charge in [0.25, 0.3) is 0 Å². The van der Waals surface area contributed by atoms with Crippen LogP contribution >= 0.6 is 11.8 Å². The maximum absolute atomic E-state index is 13.4. The molecule has 4 aliphatic rings. The molecule has 0 heterocycles. The minimum absolute atomic E-state index is 0.0355. The average molecular weight is 493 g/mol. The fourth-order valence-corrected chi connectivity index (χ4v) is 7.57. The third-order valence-corrected chi connectivity index (χ3v) is 9.24. The molecule has 0 N–H and O–H groups in total. The van der Waals surface area contributed by atoms with Crippen molar-refractivity contribution in [3.8, 4) is 11.1 Å². The summed E-state index contributed by atoms with van der Waals surface area (Å²) >= 11 is 1.73. The van der Waals surface area contributed by atoms with Crippen molar-refractivity contribution in [1.29, 1.82) is 0 Å². The van der Waals surface area contributed by atoms with E-state index in [0.29, 0.717) is 0 Å². The van der Waals surface area contributed by atoms with E-state index >= 15 is 0 Å². The molecule has 0 unspecified atom stereocenters. The van der Waals surface area contributed by atoms with E-state index in [1.807, 2.05) is 66.7 Å². The Morgan fingerprint density at radius 3 is 2.32 bits per heavy atom. The summed E-state index contributed by atoms with van der Waals surface area (Å²) in [6.45, 7) is 0. The fourth-order valence-electron chi connectivity index (χ4n) is 6.46. The first-order valence-electron chi connectivity index (χ1n) is 12.5. The van der Waals surface area contributed by atoms with Gasteiger partial charge in [-0.25, -0.2) is 0 Å². The first kappa shape index (κ1) is 20.9. The van der Waals surface area contributed by atoms with Crippen molar-refractivity contribution >= 4 is 34.1 Å². The molecule has 0 aliphatic heterocycles. The van der Waals surface area contributed by atoms with Crippen molar-refractivity contribution in [2.75, 3.05) is 0 Å². The number of allylic oxidation sites excluding steroid dienone is 7. The summed E-state index contributed by atoms with van der Waals surface area (Å²) in [5.74, 6) is 0.419. The van der Waals surface area contributed by atoms with E-state index in [-0.39, 0.29) is 23.4 Å². The fraction of sp³-hybridized carbons (Fsp3) is 0.0588. The number of benzene rings is 4. The van der Waals surface area contributed by atoms with Crippen molar-refractivity contribution in [3.63, 3.8) is 0 Å². The molecule has 0 amide bonds. The monoisotopic (exact) mass is 492 g/mol. The van der Waals surface area contributed by atoms with Gasteiger partial charge in [-0.2, -0.15) is 0 Å². The second-order valence-corrected chi connectivity index (χ2v) is 11.0. The summed E-state index contributed by atoms with van der Waals surface area (Å²) in [4.78, 5) is 29.0. The van der Waals surface area contributed by atoms with Crippen LogP contribution in [0.3, 0.4) is 0 Å². The molecule has 0 bridgehead atoms. The average Bonchev–Trinajstić information content (AvgIpc) is 2.95. The zero-order valence-corrected chi connectivity index (χ0v) is 20.6. The Morgan fingerprint density at radius 2 is 1.43 bits per heavy atom. The van der Waals surface area contributed by atoms with Crippen LogP contribution in [0.4, 0.5) is 0 Å². The number of ketones is 2. The van der Waals surface area contributed by atoms with E-state index in [2.05, 4.69) is 42.5 Å². The smallest absolute Gasteiger partial charge is 0.194 e. The lowest BCUT2D eigenvalue weighted by molar-refractivity contribution is 0.101. The zero-order valence-electron chi connectivity index (χ0n) is 19.8. The third kappa shape index (κ3) is 2.83. The van der Waals surface area contributed by atoms with E-state index in [1.54, 1.807) is 11.8 Å². The highest BCUT2D eigenvalue weighted by molar-refractivity contribution is 8.03. The molecule has 4 aliphatic carbocycles. The lowest BCUT2D eigenvalue weighted by atomic mass is 9.65. The van der Waals surface area contributed by atoms with Gasteiger partial charge in [0.05, 0.1) is 0 Å². The van der Waals surface area contributed by atoms with Gasteiger partial charge in [0.2, 0.25) is 0 Å². The first-order chi connectivity index (χ1) is 18.2. The summed E-state index contributed by atoms with van der Waals surface area (Å²) in [5, 5.41) is 2.12. The number of thioether (sulfide) groups is 1. The molecule has 0 radical (unpaired) electrons. The minimum atomic E-state index is 0.0355. The molecule has 2 nitrogen and oxygen atoms in total. The molecule has 174 valence electrons. The number of carbonyl (C=O) groups is 2. The molecule has 0 saturated heterocycles. The predicted octanol–water partition coefficient (Wildman–Crippen LogP) is 8.06. The first-order valence-corrected chi connectivity index (χ1v) is 13.3. The van der Waals surface area contributed by atoms with Crippen LogP contribution in [-0.2, 0) is 0 Å². The lowest BCUT2D eigenvalue weighted by Crippen LogP contribution is -2.31. The number of hydrogen-bond donors (Lipinski definition) is 0. The van der Waals surface area contributed by atoms with Crippen LogP contribution in [0.5, 0.6) is 0 Å². The van der Waals surface area contributed by atoms with Crippen molar-refractivity contribution in [2.45, 2.75) is 10.8 Å². The van der Waals surface area contributed by atoms with Crippen LogP contribution in [0.2, 0.25) is 0 Å². The molecular weight excluding hydrogens is 472 g/mol. The summed E-state index contributed by atoms with van der Waals surface area (Å²) in [7, 11) is 0. The second-order valence-electron chi connectivity index (χ2n) is 9.90. The Labute approximate surface area is 218 Å². The lowest BCUT2D eigenvalue weighted by Gasteiger charge is -2.38. The van der Waals surface area contributed by atoms with Crippen LogP contribution in [0.25, 0.3) is 21.9 Å². The van der Waals surface area contributed by atoms with Gasteiger partial charge in [0.1, 0.15) is 0 Å². The summed E-state index contributed by atoms with van der Waals surface area (Å²) < 4.78 is 0. The SMILES string of the molecule is O=C1C2=CC=CC3=C(Sc4ccc5c6c(cccc46)C(=O)c4ccccc4-5)C=C[C@@H](c4ccccc41)[C@@H]23. The van der Waals surface area contributed by atoms with Crippen molar-refractivity contribution in [2.24, 2.45) is 5.92 Å². The largest absolute Gasteiger partial charge is 0.289 e. The number of rotatable bonds is 2. The Kier molecular flexibility index (Phi) is 4.32. The molecule has 0 saturated carbocycles. The molecule has 0 spiro atoms. The highest BCUT2D eigenvalue weighted by atomic mass is 32.2. The van der Waals surface area contributed by atoms with Gasteiger partial charge in [-0.3, -0.25) is 9.59 Å². The molecule has 2 atom stereocenters. The van der Waals surface area contributed by atoms with Gasteiger partial charge in [-0.1, -0.05) is 115 Å². The highest BCUT2D eigenvalue weighted by Crippen LogP contribution is 2.52. The van der Waals surface area contributed by atoms with E-state index in [0.717, 1.165) is 59.5 Å². The quantitative estimate of drug-likeness (QED) is 0.250. The predicted molar refractivity (Wildman–Crippen MR) is 149 cm³/mol. The normalized spacial score (nSPS) is 20.5. The maximum Gasteiger partial charge on any atom is 0.194 e. The topological polar surface area (TPSA) is 34.1 Å². The van der Waals surface area contributed by atoms with Gasteiger partial charge < -0.3 is 0 Å². The number of hydrogen-bond acceptors (Lipinski definition) is 3. The number of fused-ring (bicyclic) bond motifs is 4. The highest BCUT2D eigenvalue weighted by Gasteiger charge is 2.41. The Hall–Kier alpha value is -4.21. The zero-order chi connectivity index (χ0) is 24.7. The van der Waals surface area contributed by atoms with Crippen molar-refractivity contribution in [1.82, 2.24) is 0 Å². The van der Waals surface area contributed by atoms with Crippen LogP contribution in [0.1, 0.15) is 37.8 Å². The Morgan fingerprint density at radius 1 is 0.649 bits per heavy atom.